The summed E-state index contributed by atoms with van der Waals surface area (Å²) in [6.07, 6.45) is 0.852. The zero-order valence-corrected chi connectivity index (χ0v) is 6.66. The molecule has 1 heterocycles. The first-order valence-corrected chi connectivity index (χ1v) is 3.53. The zero-order chi connectivity index (χ0) is 9.84. The van der Waals surface area contributed by atoms with Crippen molar-refractivity contribution < 1.29 is 15.0 Å². The van der Waals surface area contributed by atoms with Crippen molar-refractivity contribution in [1.29, 1.82) is 0 Å². The molecular formula is C7H9N3O3. The standard InChI is InChI=1S/C7H9N3O3/c8-7(13)6(12)5(11)4-1-9-3-10-2-4/h1-3,5-6,11-12H,(H2,8,13). The van der Waals surface area contributed by atoms with Crippen molar-refractivity contribution in [3.63, 3.8) is 0 Å². The van der Waals surface area contributed by atoms with Crippen LogP contribution in [0.3, 0.4) is 0 Å². The van der Waals surface area contributed by atoms with Crippen LogP contribution < -0.4 is 5.73 Å². The number of primary amides is 1. The summed E-state index contributed by atoms with van der Waals surface area (Å²) in [4.78, 5) is 17.7. The first-order chi connectivity index (χ1) is 6.13. The van der Waals surface area contributed by atoms with Crippen molar-refractivity contribution in [2.24, 2.45) is 5.73 Å². The lowest BCUT2D eigenvalue weighted by Gasteiger charge is -2.13. The van der Waals surface area contributed by atoms with Gasteiger partial charge in [-0.05, 0) is 0 Å². The summed E-state index contributed by atoms with van der Waals surface area (Å²) in [5, 5.41) is 18.4. The quantitative estimate of drug-likeness (QED) is 0.520. The number of nitrogens with zero attached hydrogens (tertiary/aromatic N) is 2. The van der Waals surface area contributed by atoms with E-state index in [1.165, 1.54) is 18.7 Å². The maximum Gasteiger partial charge on any atom is 0.249 e. The van der Waals surface area contributed by atoms with Gasteiger partial charge in [0.2, 0.25) is 5.91 Å². The van der Waals surface area contributed by atoms with E-state index in [1.807, 2.05) is 0 Å². The third kappa shape index (κ3) is 2.20. The van der Waals surface area contributed by atoms with E-state index in [9.17, 15) is 9.90 Å². The summed E-state index contributed by atoms with van der Waals surface area (Å²) >= 11 is 0. The Morgan fingerprint density at radius 2 is 1.92 bits per heavy atom. The molecule has 0 aliphatic heterocycles. The number of amides is 1. The Labute approximate surface area is 74.1 Å². The van der Waals surface area contributed by atoms with Crippen molar-refractivity contribution in [2.75, 3.05) is 0 Å². The Morgan fingerprint density at radius 1 is 1.38 bits per heavy atom. The number of carbonyl (C=O) groups excluding carboxylic acids is 1. The van der Waals surface area contributed by atoms with E-state index in [4.69, 9.17) is 10.8 Å². The monoisotopic (exact) mass is 183 g/mol. The van der Waals surface area contributed by atoms with E-state index in [0.717, 1.165) is 0 Å². The van der Waals surface area contributed by atoms with E-state index in [0.29, 0.717) is 0 Å². The number of aliphatic hydroxyl groups is 2. The van der Waals surface area contributed by atoms with Crippen LogP contribution in [0.4, 0.5) is 0 Å². The van der Waals surface area contributed by atoms with Gasteiger partial charge in [-0.3, -0.25) is 4.79 Å². The number of aromatic nitrogens is 2. The average Bonchev–Trinajstić information content (AvgIpc) is 2.17. The topological polar surface area (TPSA) is 109 Å². The second kappa shape index (κ2) is 3.92. The molecule has 1 rings (SSSR count). The molecular weight excluding hydrogens is 174 g/mol. The summed E-state index contributed by atoms with van der Waals surface area (Å²) in [6.45, 7) is 0. The first kappa shape index (κ1) is 9.56. The Morgan fingerprint density at radius 3 is 2.38 bits per heavy atom. The van der Waals surface area contributed by atoms with Gasteiger partial charge in [-0.25, -0.2) is 9.97 Å². The molecule has 0 aliphatic carbocycles. The molecule has 70 valence electrons. The molecule has 0 aliphatic rings. The van der Waals surface area contributed by atoms with Crippen LogP contribution in [-0.4, -0.2) is 32.2 Å². The van der Waals surface area contributed by atoms with Crippen LogP contribution in [0.15, 0.2) is 18.7 Å². The van der Waals surface area contributed by atoms with Crippen molar-refractivity contribution in [3.8, 4) is 0 Å². The molecule has 1 amide bonds. The van der Waals surface area contributed by atoms with Gasteiger partial charge in [-0.1, -0.05) is 0 Å². The van der Waals surface area contributed by atoms with Crippen molar-refractivity contribution >= 4 is 5.91 Å². The molecule has 2 unspecified atom stereocenters. The van der Waals surface area contributed by atoms with Crippen LogP contribution in [0.2, 0.25) is 0 Å². The van der Waals surface area contributed by atoms with Gasteiger partial charge in [0.25, 0.3) is 0 Å². The highest BCUT2D eigenvalue weighted by atomic mass is 16.3. The molecule has 0 spiro atoms. The van der Waals surface area contributed by atoms with Gasteiger partial charge in [0.15, 0.2) is 6.10 Å². The minimum absolute atomic E-state index is 0.244. The molecule has 0 aromatic carbocycles. The first-order valence-electron chi connectivity index (χ1n) is 3.53. The Kier molecular flexibility index (Phi) is 2.88. The second-order valence-corrected chi connectivity index (χ2v) is 2.46. The Bertz CT molecular complexity index is 290. The number of aliphatic hydroxyl groups excluding tert-OH is 2. The SMILES string of the molecule is NC(=O)C(O)C(O)c1cncnc1. The highest BCUT2D eigenvalue weighted by Gasteiger charge is 2.23. The van der Waals surface area contributed by atoms with Gasteiger partial charge in [0.05, 0.1) is 0 Å². The molecule has 0 saturated heterocycles. The number of rotatable bonds is 3. The largest absolute Gasteiger partial charge is 0.385 e. The van der Waals surface area contributed by atoms with E-state index in [-0.39, 0.29) is 5.56 Å². The third-order valence-electron chi connectivity index (χ3n) is 1.51. The second-order valence-electron chi connectivity index (χ2n) is 2.46. The van der Waals surface area contributed by atoms with Gasteiger partial charge < -0.3 is 15.9 Å². The number of hydrogen-bond acceptors (Lipinski definition) is 5. The molecule has 0 radical (unpaired) electrons. The lowest BCUT2D eigenvalue weighted by atomic mass is 10.1. The highest BCUT2D eigenvalue weighted by Crippen LogP contribution is 2.13. The molecule has 6 nitrogen and oxygen atoms in total. The fraction of sp³-hybridized carbons (Fsp3) is 0.286. The normalized spacial score (nSPS) is 14.9. The molecule has 1 aromatic heterocycles. The summed E-state index contributed by atoms with van der Waals surface area (Å²) in [5.41, 5.74) is 5.03. The molecule has 4 N–H and O–H groups in total. The van der Waals surface area contributed by atoms with E-state index in [2.05, 4.69) is 9.97 Å². The minimum atomic E-state index is -1.63. The minimum Gasteiger partial charge on any atom is -0.385 e. The van der Waals surface area contributed by atoms with Gasteiger partial charge in [-0.2, -0.15) is 0 Å². The zero-order valence-electron chi connectivity index (χ0n) is 6.66. The molecule has 0 saturated carbocycles. The van der Waals surface area contributed by atoms with Crippen molar-refractivity contribution in [2.45, 2.75) is 12.2 Å². The lowest BCUT2D eigenvalue weighted by molar-refractivity contribution is -0.132. The van der Waals surface area contributed by atoms with E-state index < -0.39 is 18.1 Å². The fourth-order valence-electron chi connectivity index (χ4n) is 0.801. The van der Waals surface area contributed by atoms with Crippen LogP contribution >= 0.6 is 0 Å². The number of hydrogen-bond donors (Lipinski definition) is 3. The maximum absolute atomic E-state index is 10.5. The van der Waals surface area contributed by atoms with Crippen molar-refractivity contribution in [1.82, 2.24) is 9.97 Å². The number of nitrogens with two attached hydrogens (primary N) is 1. The number of carbonyl (C=O) groups is 1. The van der Waals surface area contributed by atoms with Gasteiger partial charge in [0, 0.05) is 18.0 Å². The molecule has 0 fully saturated rings. The summed E-state index contributed by atoms with van der Waals surface area (Å²) < 4.78 is 0. The Balaban J connectivity index is 2.79. The molecule has 13 heavy (non-hydrogen) atoms. The van der Waals surface area contributed by atoms with Gasteiger partial charge >= 0.3 is 0 Å². The smallest absolute Gasteiger partial charge is 0.249 e. The van der Waals surface area contributed by atoms with Crippen LogP contribution in [-0.2, 0) is 4.79 Å². The fourth-order valence-corrected chi connectivity index (χ4v) is 0.801. The summed E-state index contributed by atoms with van der Waals surface area (Å²) in [5.74, 6) is -0.989. The predicted octanol–water partition coefficient (Wildman–Crippen LogP) is -1.64. The molecule has 1 aromatic rings. The summed E-state index contributed by atoms with van der Waals surface area (Å²) in [6, 6.07) is 0. The molecule has 0 bridgehead atoms. The van der Waals surface area contributed by atoms with Gasteiger partial charge in [-0.15, -0.1) is 0 Å². The van der Waals surface area contributed by atoms with Gasteiger partial charge in [0.1, 0.15) is 12.4 Å². The summed E-state index contributed by atoms with van der Waals surface area (Å²) in [7, 11) is 0. The molecule has 2 atom stereocenters. The highest BCUT2D eigenvalue weighted by molar-refractivity contribution is 5.79. The van der Waals surface area contributed by atoms with Crippen LogP contribution in [0, 0.1) is 0 Å². The molecule has 6 heteroatoms. The lowest BCUT2D eigenvalue weighted by Crippen LogP contribution is -2.33. The van der Waals surface area contributed by atoms with Crippen molar-refractivity contribution in [3.05, 3.63) is 24.3 Å². The van der Waals surface area contributed by atoms with E-state index >= 15 is 0 Å². The maximum atomic E-state index is 10.5. The van der Waals surface area contributed by atoms with Crippen LogP contribution in [0.1, 0.15) is 11.7 Å². The Hall–Kier alpha value is -1.53. The van der Waals surface area contributed by atoms with Crippen LogP contribution in [0.5, 0.6) is 0 Å². The van der Waals surface area contributed by atoms with Crippen LogP contribution in [0.25, 0.3) is 0 Å². The average molecular weight is 183 g/mol. The predicted molar refractivity (Wildman–Crippen MR) is 42.2 cm³/mol. The van der Waals surface area contributed by atoms with E-state index in [1.54, 1.807) is 0 Å². The third-order valence-corrected chi connectivity index (χ3v) is 1.51.